The molecule has 0 unspecified atom stereocenters. The molecule has 1 rings (SSSR count). The van der Waals surface area contributed by atoms with E-state index in [1.807, 2.05) is 30.3 Å². The fourth-order valence-corrected chi connectivity index (χ4v) is 8.55. The van der Waals surface area contributed by atoms with E-state index in [1.165, 1.54) is 0 Å². The van der Waals surface area contributed by atoms with Crippen LogP contribution in [-0.4, -0.2) is 19.0 Å². The molecule has 1 aromatic rings. The highest BCUT2D eigenvalue weighted by Gasteiger charge is 2.41. The van der Waals surface area contributed by atoms with Crippen molar-refractivity contribution in [3.8, 4) is 11.5 Å². The average Bonchev–Trinajstić information content (AvgIpc) is 2.43. The van der Waals surface area contributed by atoms with Crippen LogP contribution in [0.5, 0.6) is 0 Å². The van der Waals surface area contributed by atoms with Crippen molar-refractivity contribution in [3.63, 3.8) is 0 Å². The molecule has 1 aromatic carbocycles. The molecule has 0 spiro atoms. The molecule has 0 aliphatic heterocycles. The molecule has 0 atom stereocenters. The third kappa shape index (κ3) is 3.77. The summed E-state index contributed by atoms with van der Waals surface area (Å²) in [6.45, 7) is 13.7. The molecule has 0 radical (unpaired) electrons. The van der Waals surface area contributed by atoms with E-state index in [9.17, 15) is 5.21 Å². The lowest BCUT2D eigenvalue weighted by atomic mass is 10.1. The Bertz CT molecular complexity index is 514. The molecule has 0 bridgehead atoms. The molecule has 0 saturated carbocycles. The van der Waals surface area contributed by atoms with Gasteiger partial charge in [-0.3, -0.25) is 0 Å². The van der Waals surface area contributed by atoms with E-state index in [4.69, 9.17) is 0 Å². The smallest absolute Gasteiger partial charge is 0.159 e. The third-order valence-electron chi connectivity index (χ3n) is 4.41. The van der Waals surface area contributed by atoms with Crippen LogP contribution in [0.1, 0.15) is 47.1 Å². The zero-order chi connectivity index (χ0) is 16.0. The Morgan fingerprint density at radius 1 is 0.952 bits per heavy atom. The maximum absolute atomic E-state index is 9.29. The van der Waals surface area contributed by atoms with Crippen molar-refractivity contribution >= 4 is 13.8 Å². The highest BCUT2D eigenvalue weighted by atomic mass is 28.3. The van der Waals surface area contributed by atoms with Gasteiger partial charge in [0, 0.05) is 5.56 Å². The van der Waals surface area contributed by atoms with Crippen LogP contribution in [0.4, 0.5) is 0 Å². The van der Waals surface area contributed by atoms with Crippen molar-refractivity contribution < 1.29 is 5.21 Å². The van der Waals surface area contributed by atoms with Gasteiger partial charge in [-0.2, -0.15) is 0 Å². The van der Waals surface area contributed by atoms with Gasteiger partial charge in [-0.05, 0) is 22.5 Å². The average molecular weight is 302 g/mol. The highest BCUT2D eigenvalue weighted by Crippen LogP contribution is 2.40. The SMILES string of the molecule is CC(C)[Si](C#C/C(=N\O)c1ccccc1)(C(C)C)C(C)C. The first-order chi connectivity index (χ1) is 9.86. The molecule has 0 amide bonds. The molecule has 1 N–H and O–H groups in total. The van der Waals surface area contributed by atoms with Crippen LogP contribution in [0.3, 0.4) is 0 Å². The van der Waals surface area contributed by atoms with Gasteiger partial charge in [0.05, 0.1) is 0 Å². The minimum atomic E-state index is -1.79. The molecular weight excluding hydrogens is 274 g/mol. The van der Waals surface area contributed by atoms with Crippen LogP contribution in [0.25, 0.3) is 0 Å². The quantitative estimate of drug-likeness (QED) is 0.271. The number of oxime groups is 1. The van der Waals surface area contributed by atoms with Crippen LogP contribution in [-0.2, 0) is 0 Å². The molecule has 2 nitrogen and oxygen atoms in total. The monoisotopic (exact) mass is 301 g/mol. The number of nitrogens with zero attached hydrogens (tertiary/aromatic N) is 1. The lowest BCUT2D eigenvalue weighted by Crippen LogP contribution is -2.43. The summed E-state index contributed by atoms with van der Waals surface area (Å²) >= 11 is 0. The highest BCUT2D eigenvalue weighted by molar-refractivity contribution is 6.90. The van der Waals surface area contributed by atoms with Gasteiger partial charge in [-0.15, -0.1) is 5.54 Å². The van der Waals surface area contributed by atoms with Gasteiger partial charge < -0.3 is 5.21 Å². The molecule has 0 fully saturated rings. The van der Waals surface area contributed by atoms with Crippen molar-refractivity contribution in [2.75, 3.05) is 0 Å². The topological polar surface area (TPSA) is 32.6 Å². The van der Waals surface area contributed by atoms with Crippen LogP contribution >= 0.6 is 0 Å². The van der Waals surface area contributed by atoms with Crippen molar-refractivity contribution in [2.45, 2.75) is 58.2 Å². The first kappa shape index (κ1) is 17.5. The summed E-state index contributed by atoms with van der Waals surface area (Å²) in [5.41, 5.74) is 6.62. The van der Waals surface area contributed by atoms with E-state index in [-0.39, 0.29) is 0 Å². The number of rotatable bonds is 4. The molecule has 0 aliphatic rings. The number of hydrogen-bond acceptors (Lipinski definition) is 2. The largest absolute Gasteiger partial charge is 0.410 e. The van der Waals surface area contributed by atoms with Gasteiger partial charge >= 0.3 is 0 Å². The van der Waals surface area contributed by atoms with Crippen LogP contribution in [0.15, 0.2) is 35.5 Å². The van der Waals surface area contributed by atoms with Crippen molar-refractivity contribution in [3.05, 3.63) is 35.9 Å². The zero-order valence-corrected chi connectivity index (χ0v) is 15.0. The second kappa shape index (κ2) is 7.47. The molecule has 21 heavy (non-hydrogen) atoms. The number of hydrogen-bond donors (Lipinski definition) is 1. The van der Waals surface area contributed by atoms with Crippen LogP contribution in [0.2, 0.25) is 16.6 Å². The Kier molecular flexibility index (Phi) is 6.23. The second-order valence-corrected chi connectivity index (χ2v) is 12.0. The zero-order valence-electron chi connectivity index (χ0n) is 14.0. The fourth-order valence-electron chi connectivity index (χ4n) is 3.35. The molecule has 3 heteroatoms. The fraction of sp³-hybridized carbons (Fsp3) is 0.500. The summed E-state index contributed by atoms with van der Waals surface area (Å²) < 4.78 is 0. The Labute approximate surface area is 130 Å². The van der Waals surface area contributed by atoms with E-state index in [1.54, 1.807) is 0 Å². The van der Waals surface area contributed by atoms with E-state index in [2.05, 4.69) is 58.2 Å². The normalized spacial score (nSPS) is 12.7. The molecule has 0 heterocycles. The van der Waals surface area contributed by atoms with Crippen molar-refractivity contribution in [2.24, 2.45) is 5.16 Å². The second-order valence-electron chi connectivity index (χ2n) is 6.46. The minimum absolute atomic E-state index is 0.467. The van der Waals surface area contributed by atoms with Gasteiger partial charge in [-0.25, -0.2) is 0 Å². The summed E-state index contributed by atoms with van der Waals surface area (Å²) in [5, 5.41) is 12.7. The Hall–Kier alpha value is -1.53. The Morgan fingerprint density at radius 2 is 1.43 bits per heavy atom. The molecule has 0 aliphatic carbocycles. The van der Waals surface area contributed by atoms with E-state index < -0.39 is 8.07 Å². The molecule has 114 valence electrons. The van der Waals surface area contributed by atoms with Crippen LogP contribution in [0, 0.1) is 11.5 Å². The van der Waals surface area contributed by atoms with Crippen molar-refractivity contribution in [1.82, 2.24) is 0 Å². The Morgan fingerprint density at radius 3 is 1.81 bits per heavy atom. The maximum atomic E-state index is 9.29. The van der Waals surface area contributed by atoms with Crippen molar-refractivity contribution in [1.29, 1.82) is 0 Å². The van der Waals surface area contributed by atoms with E-state index >= 15 is 0 Å². The summed E-state index contributed by atoms with van der Waals surface area (Å²) in [6, 6.07) is 9.65. The molecular formula is C18H27NOSi. The summed E-state index contributed by atoms with van der Waals surface area (Å²) in [4.78, 5) is 0. The third-order valence-corrected chi connectivity index (χ3v) is 10.7. The van der Waals surface area contributed by atoms with Gasteiger partial charge in [0.2, 0.25) is 0 Å². The van der Waals surface area contributed by atoms with Crippen LogP contribution < -0.4 is 0 Å². The summed E-state index contributed by atoms with van der Waals surface area (Å²) in [7, 11) is -1.79. The minimum Gasteiger partial charge on any atom is -0.410 e. The predicted molar refractivity (Wildman–Crippen MR) is 93.6 cm³/mol. The molecule has 0 saturated heterocycles. The lowest BCUT2D eigenvalue weighted by Gasteiger charge is -2.38. The maximum Gasteiger partial charge on any atom is 0.159 e. The Balaban J connectivity index is 3.27. The van der Waals surface area contributed by atoms with E-state index in [0.29, 0.717) is 22.3 Å². The first-order valence-corrected chi connectivity index (χ1v) is 9.90. The predicted octanol–water partition coefficient (Wildman–Crippen LogP) is 5.09. The van der Waals surface area contributed by atoms with Gasteiger partial charge in [0.25, 0.3) is 0 Å². The summed E-state index contributed by atoms with van der Waals surface area (Å²) in [5.74, 6) is 3.18. The summed E-state index contributed by atoms with van der Waals surface area (Å²) in [6.07, 6.45) is 0. The first-order valence-electron chi connectivity index (χ1n) is 7.66. The standard InChI is InChI=1S/C18H27NOSi/c1-14(2)21(15(3)4,16(5)6)13-12-18(19-20)17-10-8-7-9-11-17/h7-11,14-16,20H,1-6H3/b19-18+. The molecule has 0 aromatic heterocycles. The van der Waals surface area contributed by atoms with Gasteiger partial charge in [0.15, 0.2) is 5.71 Å². The van der Waals surface area contributed by atoms with Gasteiger partial charge in [-0.1, -0.05) is 77.0 Å². The van der Waals surface area contributed by atoms with Gasteiger partial charge in [0.1, 0.15) is 8.07 Å². The van der Waals surface area contributed by atoms with E-state index in [0.717, 1.165) is 5.56 Å². The number of benzene rings is 1. The lowest BCUT2D eigenvalue weighted by molar-refractivity contribution is 0.320.